The zero-order valence-electron chi connectivity index (χ0n) is 10.2. The molecule has 1 aliphatic heterocycles. The molecule has 3 nitrogen and oxygen atoms in total. The third kappa shape index (κ3) is 4.20. The van der Waals surface area contributed by atoms with Crippen LogP contribution in [0, 0.1) is 5.92 Å². The van der Waals surface area contributed by atoms with E-state index in [0.29, 0.717) is 12.3 Å². The second-order valence-corrected chi connectivity index (χ2v) is 5.08. The Hall–Kier alpha value is -0.570. The van der Waals surface area contributed by atoms with E-state index in [1.54, 1.807) is 0 Å². The first kappa shape index (κ1) is 12.5. The average molecular weight is 212 g/mol. The molecule has 0 aliphatic carbocycles. The normalized spacial score (nSPS) is 22.1. The third-order valence-electron chi connectivity index (χ3n) is 3.38. The van der Waals surface area contributed by atoms with Gasteiger partial charge in [-0.25, -0.2) is 0 Å². The molecule has 3 heteroatoms. The molecule has 0 saturated carbocycles. The zero-order valence-corrected chi connectivity index (χ0v) is 10.2. The van der Waals surface area contributed by atoms with Crippen molar-refractivity contribution in [3.05, 3.63) is 0 Å². The Labute approximate surface area is 93.0 Å². The number of rotatable bonds is 4. The monoisotopic (exact) mass is 212 g/mol. The molecule has 2 N–H and O–H groups in total. The van der Waals surface area contributed by atoms with E-state index in [-0.39, 0.29) is 11.4 Å². The van der Waals surface area contributed by atoms with Gasteiger partial charge in [0.25, 0.3) is 0 Å². The SMILES string of the molecule is CCC(C)CC(=O)NC1(C)CCNCC1. The molecule has 1 heterocycles. The molecule has 1 unspecified atom stereocenters. The van der Waals surface area contributed by atoms with E-state index in [1.807, 2.05) is 0 Å². The highest BCUT2D eigenvalue weighted by Gasteiger charge is 2.28. The summed E-state index contributed by atoms with van der Waals surface area (Å²) in [6.45, 7) is 8.44. The van der Waals surface area contributed by atoms with Crippen LogP contribution < -0.4 is 10.6 Å². The number of carbonyl (C=O) groups excluding carboxylic acids is 1. The van der Waals surface area contributed by atoms with Crippen LogP contribution in [-0.4, -0.2) is 24.5 Å². The fourth-order valence-corrected chi connectivity index (χ4v) is 1.95. The molecule has 0 aromatic heterocycles. The van der Waals surface area contributed by atoms with Crippen LogP contribution in [0.15, 0.2) is 0 Å². The van der Waals surface area contributed by atoms with Gasteiger partial charge in [-0.1, -0.05) is 20.3 Å². The lowest BCUT2D eigenvalue weighted by Gasteiger charge is -2.35. The first-order valence-corrected chi connectivity index (χ1v) is 6.07. The minimum Gasteiger partial charge on any atom is -0.351 e. The molecule has 0 bridgehead atoms. The van der Waals surface area contributed by atoms with E-state index < -0.39 is 0 Å². The second-order valence-electron chi connectivity index (χ2n) is 5.08. The Bertz CT molecular complexity index is 210. The van der Waals surface area contributed by atoms with Crippen LogP contribution in [0.4, 0.5) is 0 Å². The summed E-state index contributed by atoms with van der Waals surface area (Å²) in [5.41, 5.74) is 0.0236. The van der Waals surface area contributed by atoms with Gasteiger partial charge in [0.15, 0.2) is 0 Å². The van der Waals surface area contributed by atoms with Gasteiger partial charge in [0.2, 0.25) is 5.91 Å². The predicted octanol–water partition coefficient (Wildman–Crippen LogP) is 1.68. The summed E-state index contributed by atoms with van der Waals surface area (Å²) in [4.78, 5) is 11.8. The largest absolute Gasteiger partial charge is 0.351 e. The molecule has 0 spiro atoms. The fraction of sp³-hybridized carbons (Fsp3) is 0.917. The molecule has 1 saturated heterocycles. The van der Waals surface area contributed by atoms with Crippen molar-refractivity contribution >= 4 is 5.91 Å². The molecule has 1 fully saturated rings. The maximum absolute atomic E-state index is 11.8. The summed E-state index contributed by atoms with van der Waals surface area (Å²) in [7, 11) is 0. The first-order chi connectivity index (χ1) is 7.06. The van der Waals surface area contributed by atoms with Gasteiger partial charge in [0.1, 0.15) is 0 Å². The Morgan fingerprint density at radius 2 is 2.07 bits per heavy atom. The quantitative estimate of drug-likeness (QED) is 0.744. The van der Waals surface area contributed by atoms with Crippen molar-refractivity contribution in [1.29, 1.82) is 0 Å². The van der Waals surface area contributed by atoms with Gasteiger partial charge in [-0.2, -0.15) is 0 Å². The number of carbonyl (C=O) groups is 1. The summed E-state index contributed by atoms with van der Waals surface area (Å²) in [6.07, 6.45) is 3.82. The molecule has 15 heavy (non-hydrogen) atoms. The standard InChI is InChI=1S/C12H24N2O/c1-4-10(2)9-11(15)14-12(3)5-7-13-8-6-12/h10,13H,4-9H2,1-3H3,(H,14,15). The van der Waals surface area contributed by atoms with Crippen LogP contribution in [-0.2, 0) is 4.79 Å². The molecular formula is C12H24N2O. The van der Waals surface area contributed by atoms with Crippen molar-refractivity contribution in [2.75, 3.05) is 13.1 Å². The highest BCUT2D eigenvalue weighted by atomic mass is 16.1. The van der Waals surface area contributed by atoms with Gasteiger partial charge in [-0.05, 0) is 38.8 Å². The Balaban J connectivity index is 2.35. The molecule has 0 aromatic carbocycles. The first-order valence-electron chi connectivity index (χ1n) is 6.07. The topological polar surface area (TPSA) is 41.1 Å². The molecule has 1 aliphatic rings. The van der Waals surface area contributed by atoms with Crippen molar-refractivity contribution in [3.8, 4) is 0 Å². The van der Waals surface area contributed by atoms with Gasteiger partial charge < -0.3 is 10.6 Å². The number of hydrogen-bond donors (Lipinski definition) is 2. The minimum atomic E-state index is 0.0236. The van der Waals surface area contributed by atoms with Crippen molar-refractivity contribution in [2.45, 2.75) is 52.0 Å². The van der Waals surface area contributed by atoms with E-state index in [1.165, 1.54) is 0 Å². The lowest BCUT2D eigenvalue weighted by Crippen LogP contribution is -2.52. The van der Waals surface area contributed by atoms with Gasteiger partial charge in [0.05, 0.1) is 0 Å². The fourth-order valence-electron chi connectivity index (χ4n) is 1.95. The zero-order chi connectivity index (χ0) is 11.3. The van der Waals surface area contributed by atoms with Crippen LogP contribution in [0.2, 0.25) is 0 Å². The van der Waals surface area contributed by atoms with Crippen LogP contribution in [0.25, 0.3) is 0 Å². The summed E-state index contributed by atoms with van der Waals surface area (Å²) in [5.74, 6) is 0.712. The Morgan fingerprint density at radius 1 is 1.47 bits per heavy atom. The highest BCUT2D eigenvalue weighted by molar-refractivity contribution is 5.77. The number of amides is 1. The number of nitrogens with one attached hydrogen (secondary N) is 2. The van der Waals surface area contributed by atoms with Gasteiger partial charge in [-0.15, -0.1) is 0 Å². The van der Waals surface area contributed by atoms with Crippen molar-refractivity contribution in [1.82, 2.24) is 10.6 Å². The number of piperidine rings is 1. The van der Waals surface area contributed by atoms with Gasteiger partial charge in [0, 0.05) is 12.0 Å². The Kier molecular flexibility index (Phi) is 4.58. The second kappa shape index (κ2) is 5.50. The maximum Gasteiger partial charge on any atom is 0.220 e. The van der Waals surface area contributed by atoms with E-state index in [2.05, 4.69) is 31.4 Å². The van der Waals surface area contributed by atoms with E-state index >= 15 is 0 Å². The minimum absolute atomic E-state index is 0.0236. The van der Waals surface area contributed by atoms with Crippen LogP contribution in [0.1, 0.15) is 46.5 Å². The predicted molar refractivity (Wildman–Crippen MR) is 62.7 cm³/mol. The summed E-state index contributed by atoms with van der Waals surface area (Å²) < 4.78 is 0. The van der Waals surface area contributed by atoms with Crippen LogP contribution in [0.3, 0.4) is 0 Å². The molecular weight excluding hydrogens is 188 g/mol. The van der Waals surface area contributed by atoms with E-state index in [9.17, 15) is 4.79 Å². The average Bonchev–Trinajstić information content (AvgIpc) is 2.17. The smallest absolute Gasteiger partial charge is 0.220 e. The lowest BCUT2D eigenvalue weighted by atomic mass is 9.90. The molecule has 1 rings (SSSR count). The van der Waals surface area contributed by atoms with Gasteiger partial charge in [-0.3, -0.25) is 4.79 Å². The lowest BCUT2D eigenvalue weighted by molar-refractivity contribution is -0.124. The molecule has 1 amide bonds. The van der Waals surface area contributed by atoms with E-state index in [4.69, 9.17) is 0 Å². The molecule has 1 atom stereocenters. The van der Waals surface area contributed by atoms with Crippen molar-refractivity contribution in [3.63, 3.8) is 0 Å². The Morgan fingerprint density at radius 3 is 2.60 bits per heavy atom. The summed E-state index contributed by atoms with van der Waals surface area (Å²) >= 11 is 0. The van der Waals surface area contributed by atoms with E-state index in [0.717, 1.165) is 32.4 Å². The highest BCUT2D eigenvalue weighted by Crippen LogP contribution is 2.18. The van der Waals surface area contributed by atoms with Gasteiger partial charge >= 0.3 is 0 Å². The van der Waals surface area contributed by atoms with Crippen LogP contribution in [0.5, 0.6) is 0 Å². The van der Waals surface area contributed by atoms with Crippen molar-refractivity contribution < 1.29 is 4.79 Å². The molecule has 0 aromatic rings. The maximum atomic E-state index is 11.8. The summed E-state index contributed by atoms with van der Waals surface area (Å²) in [5, 5.41) is 6.50. The van der Waals surface area contributed by atoms with Crippen molar-refractivity contribution in [2.24, 2.45) is 5.92 Å². The third-order valence-corrected chi connectivity index (χ3v) is 3.38. The summed E-state index contributed by atoms with van der Waals surface area (Å²) in [6, 6.07) is 0. The molecule has 0 radical (unpaired) electrons. The molecule has 88 valence electrons. The van der Waals surface area contributed by atoms with Crippen LogP contribution >= 0.6 is 0 Å². The number of hydrogen-bond acceptors (Lipinski definition) is 2.